The van der Waals surface area contributed by atoms with Crippen LogP contribution in [0, 0.1) is 0 Å². The second kappa shape index (κ2) is 6.57. The van der Waals surface area contributed by atoms with Crippen molar-refractivity contribution >= 4 is 5.91 Å². The van der Waals surface area contributed by atoms with Crippen LogP contribution in [0.5, 0.6) is 6.01 Å². The predicted octanol–water partition coefficient (Wildman–Crippen LogP) is 1.39. The number of carbonyl (C=O) groups is 1. The predicted molar refractivity (Wildman–Crippen MR) is 79.7 cm³/mol. The van der Waals surface area contributed by atoms with Crippen molar-refractivity contribution in [2.24, 2.45) is 0 Å². The monoisotopic (exact) mass is 302 g/mol. The molecular weight excluding hydrogens is 284 g/mol. The first-order valence-corrected chi connectivity index (χ1v) is 7.23. The maximum atomic E-state index is 12.2. The van der Waals surface area contributed by atoms with E-state index in [1.54, 1.807) is 12.1 Å². The fourth-order valence-corrected chi connectivity index (χ4v) is 2.39. The summed E-state index contributed by atoms with van der Waals surface area (Å²) in [7, 11) is 1.50. The van der Waals surface area contributed by atoms with E-state index in [-0.39, 0.29) is 18.0 Å². The molecule has 1 aliphatic rings. The van der Waals surface area contributed by atoms with E-state index in [4.69, 9.17) is 9.47 Å². The number of rotatable bonds is 5. The van der Waals surface area contributed by atoms with Crippen LogP contribution in [0.2, 0.25) is 0 Å². The molecule has 7 nitrogen and oxygen atoms in total. The molecular formula is C15H18N4O3. The summed E-state index contributed by atoms with van der Waals surface area (Å²) in [4.78, 5) is 16.4. The Labute approximate surface area is 128 Å². The Bertz CT molecular complexity index is 650. The van der Waals surface area contributed by atoms with Gasteiger partial charge in [-0.15, -0.1) is 5.10 Å². The second-order valence-electron chi connectivity index (χ2n) is 5.10. The zero-order valence-electron chi connectivity index (χ0n) is 12.3. The Morgan fingerprint density at radius 2 is 2.45 bits per heavy atom. The molecule has 0 aliphatic carbocycles. The number of H-pyrrole nitrogens is 1. The van der Waals surface area contributed by atoms with Gasteiger partial charge in [0.15, 0.2) is 5.82 Å². The van der Waals surface area contributed by atoms with E-state index in [9.17, 15) is 4.79 Å². The zero-order valence-corrected chi connectivity index (χ0v) is 12.3. The number of hydrogen-bond acceptors (Lipinski definition) is 5. The molecule has 2 aromatic rings. The molecule has 0 unspecified atom stereocenters. The number of aromatic amines is 1. The van der Waals surface area contributed by atoms with Gasteiger partial charge in [0.2, 0.25) is 0 Å². The molecule has 1 saturated heterocycles. The number of aromatic nitrogens is 3. The van der Waals surface area contributed by atoms with Crippen molar-refractivity contribution < 1.29 is 14.3 Å². The van der Waals surface area contributed by atoms with Gasteiger partial charge in [0.25, 0.3) is 5.91 Å². The molecule has 2 N–H and O–H groups in total. The van der Waals surface area contributed by atoms with E-state index in [0.717, 1.165) is 25.0 Å². The van der Waals surface area contributed by atoms with Gasteiger partial charge >= 0.3 is 6.01 Å². The van der Waals surface area contributed by atoms with Crippen LogP contribution in [0.4, 0.5) is 0 Å². The minimum Gasteiger partial charge on any atom is -0.466 e. The highest BCUT2D eigenvalue weighted by Crippen LogP contribution is 2.18. The SMILES string of the molecule is COc1n[nH]c(-c2cccc(C(=O)NC[C@@H]3CCCO3)c2)n1. The molecule has 1 aliphatic heterocycles. The number of amides is 1. The van der Waals surface area contributed by atoms with Gasteiger partial charge in [0.05, 0.1) is 13.2 Å². The van der Waals surface area contributed by atoms with Crippen LogP contribution >= 0.6 is 0 Å². The average molecular weight is 302 g/mol. The minimum atomic E-state index is -0.121. The van der Waals surface area contributed by atoms with Gasteiger partial charge in [-0.25, -0.2) is 0 Å². The van der Waals surface area contributed by atoms with Crippen molar-refractivity contribution in [3.8, 4) is 17.4 Å². The Morgan fingerprint density at radius 3 is 3.18 bits per heavy atom. The average Bonchev–Trinajstić information content (AvgIpc) is 3.24. The second-order valence-corrected chi connectivity index (χ2v) is 5.10. The first kappa shape index (κ1) is 14.5. The lowest BCUT2D eigenvalue weighted by molar-refractivity contribution is 0.0858. The zero-order chi connectivity index (χ0) is 15.4. The standard InChI is InChI=1S/C15H18N4O3/c1-21-15-17-13(18-19-15)10-4-2-5-11(8-10)14(20)16-9-12-6-3-7-22-12/h2,4-5,8,12H,3,6-7,9H2,1H3,(H,16,20)(H,17,18,19)/t12-/m0/s1. The number of nitrogens with one attached hydrogen (secondary N) is 2. The third-order valence-corrected chi connectivity index (χ3v) is 3.56. The summed E-state index contributed by atoms with van der Waals surface area (Å²) in [6.07, 6.45) is 2.19. The number of nitrogens with zero attached hydrogens (tertiary/aromatic N) is 2. The molecule has 0 spiro atoms. The Hall–Kier alpha value is -2.41. The fraction of sp³-hybridized carbons (Fsp3) is 0.400. The van der Waals surface area contributed by atoms with E-state index in [1.807, 2.05) is 12.1 Å². The summed E-state index contributed by atoms with van der Waals surface area (Å²) in [5.41, 5.74) is 1.35. The van der Waals surface area contributed by atoms with Crippen molar-refractivity contribution in [3.05, 3.63) is 29.8 Å². The fourth-order valence-electron chi connectivity index (χ4n) is 2.39. The van der Waals surface area contributed by atoms with Crippen LogP contribution in [0.1, 0.15) is 23.2 Å². The summed E-state index contributed by atoms with van der Waals surface area (Å²) >= 11 is 0. The molecule has 7 heteroatoms. The van der Waals surface area contributed by atoms with Gasteiger partial charge in [0, 0.05) is 24.3 Å². The van der Waals surface area contributed by atoms with Gasteiger partial charge in [-0.05, 0) is 25.0 Å². The summed E-state index contributed by atoms with van der Waals surface area (Å²) < 4.78 is 10.4. The van der Waals surface area contributed by atoms with Crippen LogP contribution in [0.25, 0.3) is 11.4 Å². The molecule has 1 aromatic carbocycles. The molecule has 0 saturated carbocycles. The van der Waals surface area contributed by atoms with Crippen LogP contribution in [-0.2, 0) is 4.74 Å². The smallest absolute Gasteiger partial charge is 0.335 e. The molecule has 1 amide bonds. The van der Waals surface area contributed by atoms with Crippen LogP contribution < -0.4 is 10.1 Å². The first-order chi connectivity index (χ1) is 10.8. The highest BCUT2D eigenvalue weighted by atomic mass is 16.5. The molecule has 116 valence electrons. The van der Waals surface area contributed by atoms with Crippen LogP contribution in [0.3, 0.4) is 0 Å². The van der Waals surface area contributed by atoms with E-state index < -0.39 is 0 Å². The molecule has 2 heterocycles. The summed E-state index contributed by atoms with van der Waals surface area (Å²) in [6.45, 7) is 1.32. The molecule has 0 bridgehead atoms. The number of ether oxygens (including phenoxy) is 2. The summed E-state index contributed by atoms with van der Waals surface area (Å²) in [5.74, 6) is 0.439. The highest BCUT2D eigenvalue weighted by molar-refractivity contribution is 5.95. The molecule has 1 atom stereocenters. The van der Waals surface area contributed by atoms with E-state index in [1.165, 1.54) is 7.11 Å². The van der Waals surface area contributed by atoms with Crippen LogP contribution in [-0.4, -0.2) is 47.5 Å². The van der Waals surface area contributed by atoms with Crippen molar-refractivity contribution in [2.75, 3.05) is 20.3 Å². The highest BCUT2D eigenvalue weighted by Gasteiger charge is 2.17. The first-order valence-electron chi connectivity index (χ1n) is 7.23. The lowest BCUT2D eigenvalue weighted by Gasteiger charge is -2.11. The Morgan fingerprint density at radius 1 is 1.55 bits per heavy atom. The largest absolute Gasteiger partial charge is 0.466 e. The van der Waals surface area contributed by atoms with Gasteiger partial charge in [-0.1, -0.05) is 12.1 Å². The van der Waals surface area contributed by atoms with Crippen molar-refractivity contribution in [1.82, 2.24) is 20.5 Å². The topological polar surface area (TPSA) is 89.1 Å². The Balaban J connectivity index is 1.68. The maximum Gasteiger partial charge on any atom is 0.335 e. The summed E-state index contributed by atoms with van der Waals surface area (Å²) in [6, 6.07) is 7.47. The molecule has 1 aromatic heterocycles. The summed E-state index contributed by atoms with van der Waals surface area (Å²) in [5, 5.41) is 9.58. The van der Waals surface area contributed by atoms with Crippen molar-refractivity contribution in [3.63, 3.8) is 0 Å². The van der Waals surface area contributed by atoms with E-state index in [0.29, 0.717) is 17.9 Å². The van der Waals surface area contributed by atoms with Gasteiger partial charge in [-0.3, -0.25) is 9.89 Å². The number of benzene rings is 1. The van der Waals surface area contributed by atoms with Crippen LogP contribution in [0.15, 0.2) is 24.3 Å². The lowest BCUT2D eigenvalue weighted by Crippen LogP contribution is -2.31. The van der Waals surface area contributed by atoms with Gasteiger partial charge in [0.1, 0.15) is 0 Å². The molecule has 3 rings (SSSR count). The molecule has 1 fully saturated rings. The third-order valence-electron chi connectivity index (χ3n) is 3.56. The Kier molecular flexibility index (Phi) is 4.34. The quantitative estimate of drug-likeness (QED) is 0.871. The normalized spacial score (nSPS) is 17.4. The molecule has 22 heavy (non-hydrogen) atoms. The lowest BCUT2D eigenvalue weighted by atomic mass is 10.1. The number of carbonyl (C=O) groups excluding carboxylic acids is 1. The van der Waals surface area contributed by atoms with Crippen molar-refractivity contribution in [2.45, 2.75) is 18.9 Å². The third kappa shape index (κ3) is 3.25. The minimum absolute atomic E-state index is 0.121. The van der Waals surface area contributed by atoms with Gasteiger partial charge < -0.3 is 14.8 Å². The van der Waals surface area contributed by atoms with E-state index >= 15 is 0 Å². The maximum absolute atomic E-state index is 12.2. The van der Waals surface area contributed by atoms with Gasteiger partial charge in [-0.2, -0.15) is 4.98 Å². The van der Waals surface area contributed by atoms with E-state index in [2.05, 4.69) is 20.5 Å². The van der Waals surface area contributed by atoms with Crippen molar-refractivity contribution in [1.29, 1.82) is 0 Å². The number of methoxy groups -OCH3 is 1. The number of hydrogen-bond donors (Lipinski definition) is 2. The molecule has 0 radical (unpaired) electrons.